The van der Waals surface area contributed by atoms with Crippen molar-refractivity contribution < 1.29 is 27.5 Å². The molecular weight excluding hydrogens is 416 g/mol. The molecule has 1 aromatic carbocycles. The number of hydrogen-bond donors (Lipinski definition) is 0. The standard InChI is InChI=1S/C19H22N2O6S2/c1-13-15(17(22)26-2)19(28-16(13)18(23)27-3)29(24,25)21-11-9-20(10-12-21)14-7-5-4-6-8-14/h4-8H,9-12H2,1-3H3. The predicted molar refractivity (Wildman–Crippen MR) is 109 cm³/mol. The van der Waals surface area contributed by atoms with E-state index in [2.05, 4.69) is 4.90 Å². The van der Waals surface area contributed by atoms with Gasteiger partial charge in [-0.3, -0.25) is 0 Å². The van der Waals surface area contributed by atoms with Crippen molar-refractivity contribution in [3.05, 3.63) is 46.3 Å². The molecule has 1 aliphatic rings. The number of para-hydroxylation sites is 1. The van der Waals surface area contributed by atoms with E-state index in [1.54, 1.807) is 0 Å². The maximum absolute atomic E-state index is 13.3. The number of rotatable bonds is 5. The van der Waals surface area contributed by atoms with Crippen LogP contribution in [0.3, 0.4) is 0 Å². The normalized spacial score (nSPS) is 15.2. The van der Waals surface area contributed by atoms with E-state index in [1.165, 1.54) is 25.4 Å². The van der Waals surface area contributed by atoms with E-state index in [0.29, 0.717) is 13.1 Å². The van der Waals surface area contributed by atoms with Crippen molar-refractivity contribution in [2.75, 3.05) is 45.3 Å². The summed E-state index contributed by atoms with van der Waals surface area (Å²) in [4.78, 5) is 26.5. The maximum atomic E-state index is 13.3. The smallest absolute Gasteiger partial charge is 0.348 e. The molecule has 1 aliphatic heterocycles. The summed E-state index contributed by atoms with van der Waals surface area (Å²) in [7, 11) is -1.60. The lowest BCUT2D eigenvalue weighted by atomic mass is 10.2. The number of esters is 2. The summed E-state index contributed by atoms with van der Waals surface area (Å²) in [6.07, 6.45) is 0. The van der Waals surface area contributed by atoms with Crippen LogP contribution in [0, 0.1) is 6.92 Å². The van der Waals surface area contributed by atoms with Gasteiger partial charge in [-0.1, -0.05) is 18.2 Å². The molecule has 1 aromatic heterocycles. The second-order valence-corrected chi connectivity index (χ2v) is 9.58. The molecule has 8 nitrogen and oxygen atoms in total. The Morgan fingerprint density at radius 3 is 2.10 bits per heavy atom. The maximum Gasteiger partial charge on any atom is 0.348 e. The average molecular weight is 439 g/mol. The number of ether oxygens (including phenoxy) is 2. The summed E-state index contributed by atoms with van der Waals surface area (Å²) in [5.41, 5.74) is 1.17. The van der Waals surface area contributed by atoms with Crippen molar-refractivity contribution >= 4 is 39.0 Å². The van der Waals surface area contributed by atoms with Crippen LogP contribution in [-0.4, -0.2) is 65.1 Å². The van der Waals surface area contributed by atoms with Crippen molar-refractivity contribution in [1.82, 2.24) is 4.31 Å². The SMILES string of the molecule is COC(=O)c1sc(S(=O)(=O)N2CCN(c3ccccc3)CC2)c(C(=O)OC)c1C. The minimum absolute atomic E-state index is 0.0781. The Morgan fingerprint density at radius 2 is 1.55 bits per heavy atom. The van der Waals surface area contributed by atoms with Gasteiger partial charge in [0.15, 0.2) is 4.21 Å². The summed E-state index contributed by atoms with van der Waals surface area (Å²) < 4.78 is 37.3. The van der Waals surface area contributed by atoms with Crippen molar-refractivity contribution in [3.63, 3.8) is 0 Å². The van der Waals surface area contributed by atoms with Gasteiger partial charge in [-0.25, -0.2) is 18.0 Å². The Hall–Kier alpha value is -2.43. The zero-order valence-corrected chi connectivity index (χ0v) is 18.0. The molecule has 3 rings (SSSR count). The molecule has 156 valence electrons. The summed E-state index contributed by atoms with van der Waals surface area (Å²) in [6.45, 7) is 3.09. The molecule has 0 radical (unpaired) electrons. The fourth-order valence-electron chi connectivity index (χ4n) is 3.24. The van der Waals surface area contributed by atoms with Crippen molar-refractivity contribution in [2.45, 2.75) is 11.1 Å². The van der Waals surface area contributed by atoms with Gasteiger partial charge in [-0.05, 0) is 24.6 Å². The lowest BCUT2D eigenvalue weighted by Gasteiger charge is -2.35. The number of benzene rings is 1. The first-order valence-electron chi connectivity index (χ1n) is 8.91. The number of anilines is 1. The molecule has 0 saturated carbocycles. The average Bonchev–Trinajstić information content (AvgIpc) is 3.11. The van der Waals surface area contributed by atoms with Gasteiger partial charge in [0.2, 0.25) is 0 Å². The fraction of sp³-hybridized carbons (Fsp3) is 0.368. The molecule has 0 aliphatic carbocycles. The van der Waals surface area contributed by atoms with E-state index in [9.17, 15) is 18.0 Å². The number of carbonyl (C=O) groups excluding carboxylic acids is 2. The number of sulfonamides is 1. The third-order valence-corrected chi connectivity index (χ3v) is 8.48. The molecule has 0 bridgehead atoms. The van der Waals surface area contributed by atoms with E-state index in [-0.39, 0.29) is 33.3 Å². The first-order chi connectivity index (χ1) is 13.8. The van der Waals surface area contributed by atoms with E-state index in [1.807, 2.05) is 30.3 Å². The van der Waals surface area contributed by atoms with Crippen LogP contribution >= 0.6 is 11.3 Å². The van der Waals surface area contributed by atoms with Crippen LogP contribution in [0.1, 0.15) is 25.6 Å². The highest BCUT2D eigenvalue weighted by Gasteiger charge is 2.37. The van der Waals surface area contributed by atoms with Gasteiger partial charge in [0.25, 0.3) is 10.0 Å². The van der Waals surface area contributed by atoms with Gasteiger partial charge >= 0.3 is 11.9 Å². The summed E-state index contributed by atoms with van der Waals surface area (Å²) in [5, 5.41) is 0. The van der Waals surface area contributed by atoms with Crippen LogP contribution in [0.25, 0.3) is 0 Å². The molecule has 1 fully saturated rings. The van der Waals surface area contributed by atoms with Gasteiger partial charge in [-0.2, -0.15) is 4.31 Å². The van der Waals surface area contributed by atoms with Gasteiger partial charge in [-0.15, -0.1) is 11.3 Å². The third kappa shape index (κ3) is 4.00. The topological polar surface area (TPSA) is 93.2 Å². The van der Waals surface area contributed by atoms with E-state index in [0.717, 1.165) is 17.0 Å². The molecular formula is C19H22N2O6S2. The third-order valence-electron chi connectivity index (χ3n) is 4.81. The molecule has 2 heterocycles. The summed E-state index contributed by atoms with van der Waals surface area (Å²) >= 11 is 0.742. The molecule has 2 aromatic rings. The molecule has 0 amide bonds. The Labute approximate surface area is 173 Å². The monoisotopic (exact) mass is 438 g/mol. The van der Waals surface area contributed by atoms with Crippen LogP contribution < -0.4 is 4.90 Å². The highest BCUT2D eigenvalue weighted by atomic mass is 32.2. The second-order valence-electron chi connectivity index (χ2n) is 6.43. The Kier molecular flexibility index (Phi) is 6.25. The predicted octanol–water partition coefficient (Wildman–Crippen LogP) is 2.14. The Bertz CT molecular complexity index is 1010. The van der Waals surface area contributed by atoms with Crippen LogP contribution in [0.15, 0.2) is 34.5 Å². The van der Waals surface area contributed by atoms with Gasteiger partial charge in [0.05, 0.1) is 19.8 Å². The number of hydrogen-bond acceptors (Lipinski definition) is 8. The minimum Gasteiger partial charge on any atom is -0.465 e. The highest BCUT2D eigenvalue weighted by molar-refractivity contribution is 7.91. The van der Waals surface area contributed by atoms with Gasteiger partial charge in [0, 0.05) is 31.9 Å². The summed E-state index contributed by atoms with van der Waals surface area (Å²) in [5.74, 6) is -1.48. The Balaban J connectivity index is 1.91. The zero-order valence-electron chi connectivity index (χ0n) is 16.4. The summed E-state index contributed by atoms with van der Waals surface area (Å²) in [6, 6.07) is 9.75. The Morgan fingerprint density at radius 1 is 0.966 bits per heavy atom. The first kappa shape index (κ1) is 21.3. The number of carbonyl (C=O) groups is 2. The number of thiophene rings is 1. The fourth-order valence-corrected chi connectivity index (χ4v) is 6.54. The van der Waals surface area contributed by atoms with Crippen LogP contribution in [0.2, 0.25) is 0 Å². The number of piperazine rings is 1. The second kappa shape index (κ2) is 8.52. The zero-order chi connectivity index (χ0) is 21.2. The van der Waals surface area contributed by atoms with Crippen molar-refractivity contribution in [2.24, 2.45) is 0 Å². The molecule has 1 saturated heterocycles. The quantitative estimate of drug-likeness (QED) is 0.660. The molecule has 0 unspecified atom stereocenters. The highest BCUT2D eigenvalue weighted by Crippen LogP contribution is 2.35. The molecule has 0 atom stereocenters. The lowest BCUT2D eigenvalue weighted by Crippen LogP contribution is -2.48. The first-order valence-corrected chi connectivity index (χ1v) is 11.2. The largest absolute Gasteiger partial charge is 0.465 e. The molecule has 0 spiro atoms. The van der Waals surface area contributed by atoms with Crippen LogP contribution in [0.5, 0.6) is 0 Å². The van der Waals surface area contributed by atoms with Crippen molar-refractivity contribution in [3.8, 4) is 0 Å². The lowest BCUT2D eigenvalue weighted by molar-refractivity contribution is 0.0596. The van der Waals surface area contributed by atoms with Gasteiger partial charge in [0.1, 0.15) is 4.88 Å². The number of nitrogens with zero attached hydrogens (tertiary/aromatic N) is 2. The van der Waals surface area contributed by atoms with E-state index < -0.39 is 22.0 Å². The van der Waals surface area contributed by atoms with Crippen molar-refractivity contribution in [1.29, 1.82) is 0 Å². The van der Waals surface area contributed by atoms with Crippen LogP contribution in [0.4, 0.5) is 5.69 Å². The van der Waals surface area contributed by atoms with Gasteiger partial charge < -0.3 is 14.4 Å². The molecule has 29 heavy (non-hydrogen) atoms. The molecule has 10 heteroatoms. The minimum atomic E-state index is -3.98. The number of methoxy groups -OCH3 is 2. The van der Waals surface area contributed by atoms with E-state index >= 15 is 0 Å². The van der Waals surface area contributed by atoms with E-state index in [4.69, 9.17) is 9.47 Å². The van der Waals surface area contributed by atoms with Crippen LogP contribution in [-0.2, 0) is 19.5 Å². The molecule has 0 N–H and O–H groups in total.